The predicted octanol–water partition coefficient (Wildman–Crippen LogP) is 4.23. The smallest absolute Gasteiger partial charge is 0.289 e. The fourth-order valence-electron chi connectivity index (χ4n) is 4.08. The number of rotatable bonds is 4. The first-order valence-electron chi connectivity index (χ1n) is 9.68. The Hall–Kier alpha value is -2.54. The van der Waals surface area contributed by atoms with E-state index < -0.39 is 0 Å². The molecule has 152 valence electrons. The second-order valence-electron chi connectivity index (χ2n) is 8.54. The van der Waals surface area contributed by atoms with E-state index in [1.54, 1.807) is 18.2 Å². The van der Waals surface area contributed by atoms with Gasteiger partial charge in [-0.05, 0) is 42.5 Å². The summed E-state index contributed by atoms with van der Waals surface area (Å²) < 4.78 is 5.85. The second-order valence-corrected chi connectivity index (χ2v) is 9.47. The maximum absolute atomic E-state index is 13.0. The van der Waals surface area contributed by atoms with Crippen molar-refractivity contribution >= 4 is 28.8 Å². The van der Waals surface area contributed by atoms with Crippen molar-refractivity contribution in [2.45, 2.75) is 46.2 Å². The van der Waals surface area contributed by atoms with Gasteiger partial charge in [0, 0.05) is 17.5 Å². The van der Waals surface area contributed by atoms with Crippen LogP contribution in [0, 0.1) is 12.3 Å². The van der Waals surface area contributed by atoms with Gasteiger partial charge in [-0.1, -0.05) is 37.7 Å². The molecular formula is C22H24N2O4S. The topological polar surface area (TPSA) is 79.6 Å². The van der Waals surface area contributed by atoms with Crippen LogP contribution >= 0.6 is 11.8 Å². The Bertz CT molecular complexity index is 978. The average Bonchev–Trinajstić information content (AvgIpc) is 3.17. The van der Waals surface area contributed by atoms with Gasteiger partial charge in [0.2, 0.25) is 5.91 Å². The molecule has 1 aliphatic heterocycles. The Morgan fingerprint density at radius 3 is 2.83 bits per heavy atom. The van der Waals surface area contributed by atoms with Gasteiger partial charge in [0.1, 0.15) is 11.5 Å². The molecule has 29 heavy (non-hydrogen) atoms. The van der Waals surface area contributed by atoms with E-state index in [1.165, 1.54) is 4.90 Å². The largest absolute Gasteiger partial charge is 0.466 e. The van der Waals surface area contributed by atoms with Crippen LogP contribution in [0.15, 0.2) is 34.7 Å². The van der Waals surface area contributed by atoms with E-state index in [1.807, 2.05) is 19.1 Å². The van der Waals surface area contributed by atoms with Crippen LogP contribution in [0.25, 0.3) is 0 Å². The first-order chi connectivity index (χ1) is 13.7. The minimum Gasteiger partial charge on any atom is -0.466 e. The van der Waals surface area contributed by atoms with Gasteiger partial charge in [-0.3, -0.25) is 19.3 Å². The van der Waals surface area contributed by atoms with E-state index in [4.69, 9.17) is 4.42 Å². The van der Waals surface area contributed by atoms with E-state index in [0.717, 1.165) is 47.3 Å². The summed E-state index contributed by atoms with van der Waals surface area (Å²) in [5.74, 6) is 1.62. The van der Waals surface area contributed by atoms with E-state index >= 15 is 0 Å². The van der Waals surface area contributed by atoms with Crippen LogP contribution in [0.5, 0.6) is 0 Å². The van der Waals surface area contributed by atoms with Crippen molar-refractivity contribution in [2.24, 2.45) is 5.41 Å². The fraction of sp³-hybridized carbons (Fsp3) is 0.409. The van der Waals surface area contributed by atoms with Gasteiger partial charge in [0.25, 0.3) is 11.1 Å². The summed E-state index contributed by atoms with van der Waals surface area (Å²) in [5, 5.41) is 2.91. The number of carbonyl (C=O) groups excluding carboxylic acids is 3. The lowest BCUT2D eigenvalue weighted by Gasteiger charge is -2.34. The third kappa shape index (κ3) is 4.10. The second kappa shape index (κ2) is 7.37. The summed E-state index contributed by atoms with van der Waals surface area (Å²) in [6.45, 7) is 6.46. The standard InChI is InChI=1S/C22H24N2O4S/c1-13-7-16-17(9-22(2,3)10-18(16)28-13)23-20(26)15-6-4-5-14(8-15)11-24-19(25)12-29-21(24)27/h4-8,17H,9-12H2,1-3H3,(H,23,26)/t17-/m0/s1. The molecule has 3 amide bonds. The molecule has 2 aromatic rings. The molecule has 0 radical (unpaired) electrons. The van der Waals surface area contributed by atoms with Crippen LogP contribution < -0.4 is 5.32 Å². The lowest BCUT2D eigenvalue weighted by Crippen LogP contribution is -2.36. The minimum absolute atomic E-state index is 0.0330. The number of fused-ring (bicyclic) bond motifs is 1. The van der Waals surface area contributed by atoms with Gasteiger partial charge in [0.15, 0.2) is 0 Å². The number of amides is 3. The Morgan fingerprint density at radius 2 is 2.10 bits per heavy atom. The molecule has 1 aromatic carbocycles. The highest BCUT2D eigenvalue weighted by atomic mass is 32.2. The molecule has 0 spiro atoms. The Labute approximate surface area is 174 Å². The number of carbonyl (C=O) groups is 3. The zero-order valence-corrected chi connectivity index (χ0v) is 17.6. The molecule has 2 heterocycles. The summed E-state index contributed by atoms with van der Waals surface area (Å²) in [4.78, 5) is 37.9. The lowest BCUT2D eigenvalue weighted by atomic mass is 9.74. The molecule has 2 aliphatic rings. The fourth-order valence-corrected chi connectivity index (χ4v) is 4.81. The summed E-state index contributed by atoms with van der Waals surface area (Å²) in [5.41, 5.74) is 2.35. The highest BCUT2D eigenvalue weighted by Gasteiger charge is 2.36. The van der Waals surface area contributed by atoms with E-state index in [-0.39, 0.29) is 40.8 Å². The van der Waals surface area contributed by atoms with Crippen molar-refractivity contribution < 1.29 is 18.8 Å². The first-order valence-corrected chi connectivity index (χ1v) is 10.7. The summed E-state index contributed by atoms with van der Waals surface area (Å²) >= 11 is 1.01. The summed E-state index contributed by atoms with van der Waals surface area (Å²) in [6, 6.07) is 8.99. The predicted molar refractivity (Wildman–Crippen MR) is 111 cm³/mol. The number of benzene rings is 1. The minimum atomic E-state index is -0.239. The number of nitrogens with one attached hydrogen (secondary N) is 1. The van der Waals surface area contributed by atoms with E-state index in [0.29, 0.717) is 5.56 Å². The first kappa shape index (κ1) is 19.8. The molecule has 1 fully saturated rings. The summed E-state index contributed by atoms with van der Waals surface area (Å²) in [7, 11) is 0. The molecule has 0 bridgehead atoms. The number of hydrogen-bond acceptors (Lipinski definition) is 5. The van der Waals surface area contributed by atoms with Crippen molar-refractivity contribution in [2.75, 3.05) is 5.75 Å². The highest BCUT2D eigenvalue weighted by molar-refractivity contribution is 8.14. The van der Waals surface area contributed by atoms with Crippen LogP contribution in [0.1, 0.15) is 59.3 Å². The number of nitrogens with zero attached hydrogens (tertiary/aromatic N) is 1. The van der Waals surface area contributed by atoms with Crippen molar-refractivity contribution in [1.82, 2.24) is 10.2 Å². The Morgan fingerprint density at radius 1 is 1.31 bits per heavy atom. The molecule has 4 rings (SSSR count). The van der Waals surface area contributed by atoms with Crippen molar-refractivity contribution in [3.8, 4) is 0 Å². The molecule has 0 unspecified atom stereocenters. The molecule has 1 aromatic heterocycles. The van der Waals surface area contributed by atoms with Crippen LogP contribution in [-0.2, 0) is 17.8 Å². The quantitative estimate of drug-likeness (QED) is 0.813. The van der Waals surface area contributed by atoms with Gasteiger partial charge in [0.05, 0.1) is 18.3 Å². The zero-order chi connectivity index (χ0) is 20.8. The van der Waals surface area contributed by atoms with Crippen molar-refractivity contribution in [1.29, 1.82) is 0 Å². The molecule has 1 N–H and O–H groups in total. The van der Waals surface area contributed by atoms with Crippen LogP contribution in [0.4, 0.5) is 4.79 Å². The lowest BCUT2D eigenvalue weighted by molar-refractivity contribution is -0.125. The molecular weight excluding hydrogens is 388 g/mol. The van der Waals surface area contributed by atoms with Gasteiger partial charge < -0.3 is 9.73 Å². The number of hydrogen-bond donors (Lipinski definition) is 1. The molecule has 1 aliphatic carbocycles. The maximum atomic E-state index is 13.0. The molecule has 6 nitrogen and oxygen atoms in total. The number of thioether (sulfide) groups is 1. The average molecular weight is 413 g/mol. The van der Waals surface area contributed by atoms with Crippen LogP contribution in [0.2, 0.25) is 0 Å². The van der Waals surface area contributed by atoms with Crippen LogP contribution in [0.3, 0.4) is 0 Å². The Kier molecular flexibility index (Phi) is 5.02. The number of aryl methyl sites for hydroxylation is 1. The van der Waals surface area contributed by atoms with Gasteiger partial charge in [-0.25, -0.2) is 0 Å². The van der Waals surface area contributed by atoms with Gasteiger partial charge in [-0.2, -0.15) is 0 Å². The monoisotopic (exact) mass is 412 g/mol. The highest BCUT2D eigenvalue weighted by Crippen LogP contribution is 2.42. The van der Waals surface area contributed by atoms with Gasteiger partial charge >= 0.3 is 0 Å². The number of imide groups is 1. The summed E-state index contributed by atoms with van der Waals surface area (Å²) in [6.07, 6.45) is 1.69. The molecule has 7 heteroatoms. The normalized spacial score (nSPS) is 20.7. The van der Waals surface area contributed by atoms with E-state index in [2.05, 4.69) is 19.2 Å². The molecule has 1 atom stereocenters. The third-order valence-electron chi connectivity index (χ3n) is 5.41. The maximum Gasteiger partial charge on any atom is 0.289 e. The SMILES string of the molecule is Cc1cc2c(o1)CC(C)(C)C[C@@H]2NC(=O)c1cccc(CN2C(=O)CSC2=O)c1. The zero-order valence-electron chi connectivity index (χ0n) is 16.8. The van der Waals surface area contributed by atoms with Crippen molar-refractivity contribution in [3.05, 3.63) is 58.5 Å². The number of furan rings is 1. The molecule has 0 saturated carbocycles. The third-order valence-corrected chi connectivity index (χ3v) is 6.27. The van der Waals surface area contributed by atoms with Gasteiger partial charge in [-0.15, -0.1) is 0 Å². The van der Waals surface area contributed by atoms with E-state index in [9.17, 15) is 14.4 Å². The molecule has 1 saturated heterocycles. The van der Waals surface area contributed by atoms with Crippen molar-refractivity contribution in [3.63, 3.8) is 0 Å². The Balaban J connectivity index is 1.52. The van der Waals surface area contributed by atoms with Crippen LogP contribution in [-0.4, -0.2) is 27.7 Å².